The van der Waals surface area contributed by atoms with Crippen molar-refractivity contribution in [3.05, 3.63) is 29.3 Å². The molecule has 0 aliphatic heterocycles. The smallest absolute Gasteiger partial charge is 0.154 e. The lowest BCUT2D eigenvalue weighted by Crippen LogP contribution is -2.38. The molecule has 5 nitrogen and oxygen atoms in total. The normalized spacial score (nSPS) is 13.4. The van der Waals surface area contributed by atoms with Gasteiger partial charge in [0, 0.05) is 17.6 Å². The van der Waals surface area contributed by atoms with Crippen molar-refractivity contribution >= 4 is 22.2 Å². The Morgan fingerprint density at radius 3 is 2.42 bits per heavy atom. The second kappa shape index (κ2) is 9.61. The molecule has 7 heteroatoms. The number of nitrogens with one attached hydrogen (secondary N) is 1. The van der Waals surface area contributed by atoms with Crippen LogP contribution in [0.5, 0.6) is 5.75 Å². The molecule has 0 bridgehead atoms. The zero-order valence-corrected chi connectivity index (χ0v) is 16.5. The number of aliphatic hydroxyl groups is 1. The molecular formula is C17H30ClNO4S. The Hall–Kier alpha value is -0.820. The van der Waals surface area contributed by atoms with Crippen LogP contribution in [0.3, 0.4) is 0 Å². The molecule has 0 spiro atoms. The Bertz CT molecular complexity index is 612. The van der Waals surface area contributed by atoms with Gasteiger partial charge in [-0.25, -0.2) is 8.42 Å². The van der Waals surface area contributed by atoms with Crippen molar-refractivity contribution in [3.63, 3.8) is 0 Å². The molecule has 1 aromatic rings. The van der Waals surface area contributed by atoms with E-state index in [9.17, 15) is 18.6 Å². The van der Waals surface area contributed by atoms with Crippen molar-refractivity contribution in [2.24, 2.45) is 0 Å². The van der Waals surface area contributed by atoms with Gasteiger partial charge in [-0.3, -0.25) is 0 Å². The number of aromatic hydroxyl groups is 1. The molecule has 24 heavy (non-hydrogen) atoms. The van der Waals surface area contributed by atoms with Gasteiger partial charge in [0.15, 0.2) is 9.84 Å². The molecule has 0 amide bonds. The van der Waals surface area contributed by atoms with Crippen LogP contribution >= 0.6 is 12.4 Å². The van der Waals surface area contributed by atoms with Crippen molar-refractivity contribution in [1.82, 2.24) is 5.32 Å². The van der Waals surface area contributed by atoms with E-state index in [1.807, 2.05) is 27.7 Å². The standard InChI is InChI=1S/C17H29NO4S.ClH/c1-5-6-9-23(21,22)12-14-10-13(7-8-15(14)19)16(20)11-18-17(2,3)4;/h7-8,10,16,18-20H,5-6,9,11-12H2,1-4H3;1H. The molecule has 1 atom stereocenters. The summed E-state index contributed by atoms with van der Waals surface area (Å²) in [6.07, 6.45) is 0.663. The van der Waals surface area contributed by atoms with Gasteiger partial charge in [-0.05, 0) is 44.9 Å². The molecule has 140 valence electrons. The molecule has 0 aliphatic rings. The predicted octanol–water partition coefficient (Wildman–Crippen LogP) is 2.95. The van der Waals surface area contributed by atoms with Gasteiger partial charge in [0.05, 0.1) is 17.6 Å². The van der Waals surface area contributed by atoms with Crippen LogP contribution in [0.2, 0.25) is 0 Å². The third-order valence-corrected chi connectivity index (χ3v) is 5.16. The first-order valence-electron chi connectivity index (χ1n) is 7.99. The third-order valence-electron chi connectivity index (χ3n) is 3.50. The lowest BCUT2D eigenvalue weighted by molar-refractivity contribution is 0.163. The van der Waals surface area contributed by atoms with E-state index < -0.39 is 15.9 Å². The summed E-state index contributed by atoms with van der Waals surface area (Å²) in [5.74, 6) is -0.141. The summed E-state index contributed by atoms with van der Waals surface area (Å²) in [5, 5.41) is 23.3. The monoisotopic (exact) mass is 379 g/mol. The van der Waals surface area contributed by atoms with Gasteiger partial charge in [0.1, 0.15) is 5.75 Å². The van der Waals surface area contributed by atoms with E-state index in [1.165, 1.54) is 6.07 Å². The van der Waals surface area contributed by atoms with Gasteiger partial charge in [-0.15, -0.1) is 12.4 Å². The van der Waals surface area contributed by atoms with E-state index in [2.05, 4.69) is 5.32 Å². The highest BCUT2D eigenvalue weighted by molar-refractivity contribution is 7.90. The summed E-state index contributed by atoms with van der Waals surface area (Å²) >= 11 is 0. The molecule has 0 saturated heterocycles. The Morgan fingerprint density at radius 1 is 1.25 bits per heavy atom. The topological polar surface area (TPSA) is 86.6 Å². The fourth-order valence-corrected chi connectivity index (χ4v) is 3.70. The third kappa shape index (κ3) is 8.33. The molecule has 0 heterocycles. The van der Waals surface area contributed by atoms with E-state index in [0.29, 0.717) is 24.1 Å². The van der Waals surface area contributed by atoms with E-state index in [-0.39, 0.29) is 35.2 Å². The minimum atomic E-state index is -3.25. The van der Waals surface area contributed by atoms with Gasteiger partial charge >= 0.3 is 0 Å². The molecule has 3 N–H and O–H groups in total. The summed E-state index contributed by atoms with van der Waals surface area (Å²) in [5.41, 5.74) is 0.818. The Balaban J connectivity index is 0.00000529. The number of benzene rings is 1. The summed E-state index contributed by atoms with van der Waals surface area (Å²) < 4.78 is 24.1. The first-order valence-corrected chi connectivity index (χ1v) is 9.81. The maximum atomic E-state index is 12.1. The molecule has 1 rings (SSSR count). The van der Waals surface area contributed by atoms with E-state index in [0.717, 1.165) is 6.42 Å². The van der Waals surface area contributed by atoms with Gasteiger partial charge in [-0.2, -0.15) is 0 Å². The number of phenols is 1. The number of aliphatic hydroxyl groups excluding tert-OH is 1. The van der Waals surface area contributed by atoms with Gasteiger partial charge < -0.3 is 15.5 Å². The second-order valence-electron chi connectivity index (χ2n) is 6.98. The van der Waals surface area contributed by atoms with Crippen LogP contribution in [0.4, 0.5) is 0 Å². The molecule has 0 fully saturated rings. The van der Waals surface area contributed by atoms with Crippen LogP contribution < -0.4 is 5.32 Å². The average molecular weight is 380 g/mol. The average Bonchev–Trinajstić information content (AvgIpc) is 2.44. The lowest BCUT2D eigenvalue weighted by Gasteiger charge is -2.23. The largest absolute Gasteiger partial charge is 0.508 e. The minimum Gasteiger partial charge on any atom is -0.508 e. The maximum absolute atomic E-state index is 12.1. The zero-order valence-electron chi connectivity index (χ0n) is 14.9. The van der Waals surface area contributed by atoms with E-state index in [1.54, 1.807) is 12.1 Å². The summed E-state index contributed by atoms with van der Waals surface area (Å²) in [6, 6.07) is 4.64. The Kier molecular flexibility index (Phi) is 9.28. The number of rotatable bonds is 8. The summed E-state index contributed by atoms with van der Waals surface area (Å²) in [4.78, 5) is 0. The minimum absolute atomic E-state index is 0. The molecule has 1 unspecified atom stereocenters. The first kappa shape index (κ1) is 23.2. The van der Waals surface area contributed by atoms with Gasteiger partial charge in [0.25, 0.3) is 0 Å². The number of β-amino-alcohol motifs (C(OH)–C–C–N with tert-alkyl or cyclic N) is 1. The van der Waals surface area contributed by atoms with Crippen LogP contribution in [-0.4, -0.2) is 36.5 Å². The summed E-state index contributed by atoms with van der Waals surface area (Å²) in [6.45, 7) is 8.30. The summed E-state index contributed by atoms with van der Waals surface area (Å²) in [7, 11) is -3.25. The van der Waals surface area contributed by atoms with Crippen molar-refractivity contribution < 1.29 is 18.6 Å². The molecule has 1 aromatic carbocycles. The lowest BCUT2D eigenvalue weighted by atomic mass is 10.0. The number of halogens is 1. The quantitative estimate of drug-likeness (QED) is 0.646. The highest BCUT2D eigenvalue weighted by atomic mass is 35.5. The number of unbranched alkanes of at least 4 members (excludes halogenated alkanes) is 1. The molecule has 0 aromatic heterocycles. The second-order valence-corrected chi connectivity index (χ2v) is 9.16. The van der Waals surface area contributed by atoms with Crippen LogP contribution in [0, 0.1) is 0 Å². The van der Waals surface area contributed by atoms with E-state index in [4.69, 9.17) is 0 Å². The Morgan fingerprint density at radius 2 is 1.88 bits per heavy atom. The molecule has 0 radical (unpaired) electrons. The van der Waals surface area contributed by atoms with Crippen molar-refractivity contribution in [2.45, 2.75) is 57.9 Å². The van der Waals surface area contributed by atoms with Crippen LogP contribution in [0.15, 0.2) is 18.2 Å². The molecule has 0 saturated carbocycles. The highest BCUT2D eigenvalue weighted by Gasteiger charge is 2.18. The number of sulfone groups is 1. The molecular weight excluding hydrogens is 350 g/mol. The first-order chi connectivity index (χ1) is 10.5. The predicted molar refractivity (Wildman–Crippen MR) is 100 cm³/mol. The number of phenolic OH excluding ortho intramolecular Hbond substituents is 1. The van der Waals surface area contributed by atoms with Crippen molar-refractivity contribution in [3.8, 4) is 5.75 Å². The van der Waals surface area contributed by atoms with Crippen LogP contribution in [0.25, 0.3) is 0 Å². The van der Waals surface area contributed by atoms with Crippen molar-refractivity contribution in [1.29, 1.82) is 0 Å². The highest BCUT2D eigenvalue weighted by Crippen LogP contribution is 2.25. The SMILES string of the molecule is CCCCS(=O)(=O)Cc1cc(C(O)CNC(C)(C)C)ccc1O.Cl. The van der Waals surface area contributed by atoms with Crippen LogP contribution in [0.1, 0.15) is 57.8 Å². The van der Waals surface area contributed by atoms with Gasteiger partial charge in [0.2, 0.25) is 0 Å². The molecule has 0 aliphatic carbocycles. The zero-order chi connectivity index (χ0) is 17.7. The fraction of sp³-hybridized carbons (Fsp3) is 0.647. The van der Waals surface area contributed by atoms with Crippen molar-refractivity contribution in [2.75, 3.05) is 12.3 Å². The van der Waals surface area contributed by atoms with Crippen LogP contribution in [-0.2, 0) is 15.6 Å². The number of hydrogen-bond donors (Lipinski definition) is 3. The maximum Gasteiger partial charge on any atom is 0.154 e. The van der Waals surface area contributed by atoms with Gasteiger partial charge in [-0.1, -0.05) is 19.4 Å². The van der Waals surface area contributed by atoms with E-state index >= 15 is 0 Å². The fourth-order valence-electron chi connectivity index (χ4n) is 2.12. The number of hydrogen-bond acceptors (Lipinski definition) is 5. The Labute approximate surface area is 151 Å².